The third kappa shape index (κ3) is 4.24. The first-order valence-electron chi connectivity index (χ1n) is 10.5. The molecule has 0 spiro atoms. The third-order valence-corrected chi connectivity index (χ3v) is 12.4. The molecule has 4 nitrogen and oxygen atoms in total. The highest BCUT2D eigenvalue weighted by Crippen LogP contribution is 2.50. The molecule has 0 amide bonds. The van der Waals surface area contributed by atoms with E-state index in [0.29, 0.717) is 16.6 Å². The Labute approximate surface area is 166 Å². The quantitative estimate of drug-likeness (QED) is 0.343. The zero-order valence-corrected chi connectivity index (χ0v) is 19.6. The minimum absolute atomic E-state index is 0.0564. The van der Waals surface area contributed by atoms with Crippen molar-refractivity contribution in [2.45, 2.75) is 103 Å². The van der Waals surface area contributed by atoms with E-state index in [9.17, 15) is 9.59 Å². The molecule has 2 rings (SSSR count). The topological polar surface area (TPSA) is 52.6 Å². The Bertz CT molecular complexity index is 591. The Morgan fingerprint density at radius 3 is 2.04 bits per heavy atom. The number of hydrogen-bond acceptors (Lipinski definition) is 4. The van der Waals surface area contributed by atoms with Crippen molar-refractivity contribution >= 4 is 20.1 Å². The highest BCUT2D eigenvalue weighted by molar-refractivity contribution is 6.77. The Morgan fingerprint density at radius 2 is 1.59 bits per heavy atom. The molecule has 0 aliphatic heterocycles. The number of ether oxygens (including phenoxy) is 1. The van der Waals surface area contributed by atoms with Crippen LogP contribution < -0.4 is 0 Å². The lowest BCUT2D eigenvalue weighted by molar-refractivity contribution is -0.163. The summed E-state index contributed by atoms with van der Waals surface area (Å²) in [4.78, 5) is 25.4. The van der Waals surface area contributed by atoms with E-state index in [1.807, 2.05) is 20.8 Å². The molecular formula is C22H38O4Si. The zero-order valence-electron chi connectivity index (χ0n) is 18.6. The number of rotatable bonds is 6. The molecule has 0 aromatic rings. The lowest BCUT2D eigenvalue weighted by Gasteiger charge is -2.45. The number of ketones is 1. The molecule has 2 aliphatic carbocycles. The van der Waals surface area contributed by atoms with Crippen molar-refractivity contribution in [3.05, 3.63) is 11.6 Å². The van der Waals surface area contributed by atoms with Crippen LogP contribution in [0.5, 0.6) is 0 Å². The van der Waals surface area contributed by atoms with Crippen LogP contribution in [-0.2, 0) is 18.8 Å². The van der Waals surface area contributed by atoms with Crippen LogP contribution in [0.3, 0.4) is 0 Å². The maximum Gasteiger partial charge on any atom is 0.318 e. The number of fused-ring (bicyclic) bond motifs is 1. The lowest BCUT2D eigenvalue weighted by atomic mass is 9.90. The van der Waals surface area contributed by atoms with Crippen molar-refractivity contribution in [1.29, 1.82) is 0 Å². The number of allylic oxidation sites excluding steroid dienone is 1. The predicted octanol–water partition coefficient (Wildman–Crippen LogP) is 5.42. The average molecular weight is 395 g/mol. The maximum absolute atomic E-state index is 12.8. The zero-order chi connectivity index (χ0) is 20.7. The van der Waals surface area contributed by atoms with Crippen LogP contribution >= 0.6 is 0 Å². The second-order valence-electron chi connectivity index (χ2n) is 10.2. The average Bonchev–Trinajstić information content (AvgIpc) is 2.99. The molecule has 0 saturated heterocycles. The number of carbonyl (C=O) groups excluding carboxylic acids is 2. The molecule has 1 fully saturated rings. The first-order chi connectivity index (χ1) is 12.3. The van der Waals surface area contributed by atoms with Crippen molar-refractivity contribution in [2.24, 2.45) is 11.8 Å². The van der Waals surface area contributed by atoms with E-state index in [0.717, 1.165) is 18.4 Å². The Morgan fingerprint density at radius 1 is 1.07 bits per heavy atom. The van der Waals surface area contributed by atoms with E-state index in [-0.39, 0.29) is 17.8 Å². The van der Waals surface area contributed by atoms with Gasteiger partial charge in [0.1, 0.15) is 11.5 Å². The van der Waals surface area contributed by atoms with Gasteiger partial charge < -0.3 is 9.16 Å². The van der Waals surface area contributed by atoms with Crippen LogP contribution in [0.15, 0.2) is 11.6 Å². The largest absolute Gasteiger partial charge is 0.459 e. The van der Waals surface area contributed by atoms with Gasteiger partial charge in [-0.2, -0.15) is 0 Å². The van der Waals surface area contributed by atoms with Gasteiger partial charge in [0.25, 0.3) is 0 Å². The Balaban J connectivity index is 2.32. The molecule has 154 valence electrons. The van der Waals surface area contributed by atoms with Crippen LogP contribution in [0.4, 0.5) is 0 Å². The van der Waals surface area contributed by atoms with Crippen LogP contribution in [-0.4, -0.2) is 31.8 Å². The number of hydrogen-bond donors (Lipinski definition) is 0. The Hall–Kier alpha value is -0.943. The summed E-state index contributed by atoms with van der Waals surface area (Å²) >= 11 is 0. The molecule has 1 saturated carbocycles. The van der Waals surface area contributed by atoms with Crippen molar-refractivity contribution < 1.29 is 18.8 Å². The van der Waals surface area contributed by atoms with Gasteiger partial charge in [0.05, 0.1) is 6.10 Å². The molecule has 5 heteroatoms. The van der Waals surface area contributed by atoms with Crippen molar-refractivity contribution in [3.63, 3.8) is 0 Å². The molecule has 27 heavy (non-hydrogen) atoms. The monoisotopic (exact) mass is 394 g/mol. The second kappa shape index (κ2) is 7.82. The third-order valence-electron chi connectivity index (χ3n) is 6.26. The molecule has 0 bridgehead atoms. The lowest BCUT2D eigenvalue weighted by Crippen LogP contribution is -2.51. The molecule has 0 N–H and O–H groups in total. The number of esters is 1. The highest BCUT2D eigenvalue weighted by atomic mass is 28.4. The summed E-state index contributed by atoms with van der Waals surface area (Å²) in [7, 11) is -2.08. The van der Waals surface area contributed by atoms with Gasteiger partial charge in [0.15, 0.2) is 5.78 Å². The fraction of sp³-hybridized carbons (Fsp3) is 0.818. The summed E-state index contributed by atoms with van der Waals surface area (Å²) in [5.41, 5.74) is 1.91. The van der Waals surface area contributed by atoms with E-state index >= 15 is 0 Å². The molecule has 2 aliphatic rings. The van der Waals surface area contributed by atoms with E-state index < -0.39 is 25.8 Å². The summed E-state index contributed by atoms with van der Waals surface area (Å²) in [6.45, 7) is 19.1. The molecule has 0 unspecified atom stereocenters. The normalized spacial score (nSPS) is 26.1. The summed E-state index contributed by atoms with van der Waals surface area (Å²) in [6.07, 6.45) is 3.37. The van der Waals surface area contributed by atoms with Gasteiger partial charge in [-0.15, -0.1) is 0 Å². The smallest absolute Gasteiger partial charge is 0.318 e. The van der Waals surface area contributed by atoms with Gasteiger partial charge in [-0.05, 0) is 56.3 Å². The molecule has 0 radical (unpaired) electrons. The van der Waals surface area contributed by atoms with Crippen LogP contribution in [0, 0.1) is 11.8 Å². The van der Waals surface area contributed by atoms with Gasteiger partial charge in [-0.1, -0.05) is 47.1 Å². The summed E-state index contributed by atoms with van der Waals surface area (Å²) in [6, 6.07) is 0. The van der Waals surface area contributed by atoms with Gasteiger partial charge >= 0.3 is 5.97 Å². The van der Waals surface area contributed by atoms with Crippen molar-refractivity contribution in [2.75, 3.05) is 0 Å². The van der Waals surface area contributed by atoms with E-state index in [4.69, 9.17) is 9.16 Å². The van der Waals surface area contributed by atoms with Gasteiger partial charge in [0, 0.05) is 5.92 Å². The Kier molecular flexibility index (Phi) is 6.47. The van der Waals surface area contributed by atoms with Crippen LogP contribution in [0.25, 0.3) is 0 Å². The first-order valence-corrected chi connectivity index (χ1v) is 12.6. The SMILES string of the molecule is CC(C)[Si](O[C@H]1CCC2=CC(=O)[C@H](C(=O)OC(C)(C)C)[C@H]21)(C(C)C)C(C)C. The molecule has 3 atom stereocenters. The first kappa shape index (κ1) is 22.3. The van der Waals surface area contributed by atoms with Gasteiger partial charge in [-0.25, -0.2) is 0 Å². The van der Waals surface area contributed by atoms with E-state index in [1.54, 1.807) is 6.08 Å². The summed E-state index contributed by atoms with van der Waals surface area (Å²) in [5.74, 6) is -1.38. The molecule has 0 heterocycles. The standard InChI is InChI=1S/C22H38O4Si/c1-13(2)27(14(3)4,15(5)6)26-18-11-10-16-12-17(23)20(19(16)18)21(24)25-22(7,8)9/h12-15,18-20H,10-11H2,1-9H3/t18-,19+,20-/m0/s1. The van der Waals surface area contributed by atoms with Gasteiger partial charge in [-0.3, -0.25) is 9.59 Å². The van der Waals surface area contributed by atoms with Crippen molar-refractivity contribution in [1.82, 2.24) is 0 Å². The fourth-order valence-corrected chi connectivity index (χ4v) is 11.0. The maximum atomic E-state index is 12.8. The molecular weight excluding hydrogens is 356 g/mol. The second-order valence-corrected chi connectivity index (χ2v) is 15.6. The molecule has 0 aromatic carbocycles. The highest BCUT2D eigenvalue weighted by Gasteiger charge is 2.54. The summed E-state index contributed by atoms with van der Waals surface area (Å²) < 4.78 is 12.6. The predicted molar refractivity (Wildman–Crippen MR) is 111 cm³/mol. The van der Waals surface area contributed by atoms with Crippen LogP contribution in [0.2, 0.25) is 16.6 Å². The van der Waals surface area contributed by atoms with Gasteiger partial charge in [0.2, 0.25) is 8.32 Å². The minimum Gasteiger partial charge on any atom is -0.459 e. The minimum atomic E-state index is -2.08. The number of carbonyl (C=O) groups is 2. The van der Waals surface area contributed by atoms with E-state index in [2.05, 4.69) is 41.5 Å². The summed E-state index contributed by atoms with van der Waals surface area (Å²) in [5, 5.41) is 0. The molecule has 0 aromatic heterocycles. The van der Waals surface area contributed by atoms with Crippen molar-refractivity contribution in [3.8, 4) is 0 Å². The van der Waals surface area contributed by atoms with E-state index in [1.165, 1.54) is 0 Å². The van der Waals surface area contributed by atoms with Crippen LogP contribution in [0.1, 0.15) is 75.2 Å². The fourth-order valence-electron chi connectivity index (χ4n) is 5.37.